The van der Waals surface area contributed by atoms with E-state index in [1.54, 1.807) is 23.7 Å². The van der Waals surface area contributed by atoms with Gasteiger partial charge in [0.2, 0.25) is 0 Å². The van der Waals surface area contributed by atoms with Crippen molar-refractivity contribution in [1.29, 1.82) is 0 Å². The van der Waals surface area contributed by atoms with Gasteiger partial charge in [0, 0.05) is 17.6 Å². The molecule has 0 radical (unpaired) electrons. The van der Waals surface area contributed by atoms with Gasteiger partial charge in [-0.15, -0.1) is 0 Å². The number of carbonyl (C=O) groups excluding carboxylic acids is 2. The Kier molecular flexibility index (Phi) is 4.15. The van der Waals surface area contributed by atoms with Gasteiger partial charge in [0.1, 0.15) is 0 Å². The first-order chi connectivity index (χ1) is 12.0. The summed E-state index contributed by atoms with van der Waals surface area (Å²) in [7, 11) is 0. The van der Waals surface area contributed by atoms with Crippen LogP contribution >= 0.6 is 0 Å². The third-order valence-corrected chi connectivity index (χ3v) is 6.16. The second-order valence-electron chi connectivity index (χ2n) is 8.15. The fraction of sp³-hybridized carbons (Fsp3) is 0.579. The smallest absolute Gasteiger partial charge is 0.315 e. The normalized spacial score (nSPS) is 32.3. The summed E-state index contributed by atoms with van der Waals surface area (Å²) in [6, 6.07) is 6.73. The van der Waals surface area contributed by atoms with Crippen LogP contribution in [0.4, 0.5) is 4.79 Å². The van der Waals surface area contributed by atoms with Crippen molar-refractivity contribution in [2.24, 2.45) is 17.8 Å². The van der Waals surface area contributed by atoms with Crippen LogP contribution in [-0.4, -0.2) is 22.7 Å². The maximum atomic E-state index is 12.4. The van der Waals surface area contributed by atoms with Crippen LogP contribution in [0.25, 0.3) is 0 Å². The molecule has 4 fully saturated rings. The molecule has 3 amide bonds. The van der Waals surface area contributed by atoms with Crippen LogP contribution in [0.1, 0.15) is 54.4 Å². The molecule has 4 aliphatic rings. The molecule has 0 aromatic heterocycles. The maximum Gasteiger partial charge on any atom is 0.315 e. The summed E-state index contributed by atoms with van der Waals surface area (Å²) in [6.07, 6.45) is 7.42. The van der Waals surface area contributed by atoms with Crippen molar-refractivity contribution in [2.45, 2.75) is 50.6 Å². The van der Waals surface area contributed by atoms with E-state index in [9.17, 15) is 9.59 Å². The van der Waals surface area contributed by atoms with Gasteiger partial charge in [-0.25, -0.2) is 10.3 Å². The summed E-state index contributed by atoms with van der Waals surface area (Å²) in [4.78, 5) is 23.9. The molecule has 0 saturated heterocycles. The molecule has 0 heterocycles. The first kappa shape index (κ1) is 16.4. The number of carbonyl (C=O) groups is 2. The minimum Gasteiger partial charge on any atom is -0.334 e. The van der Waals surface area contributed by atoms with E-state index >= 15 is 0 Å². The summed E-state index contributed by atoms with van der Waals surface area (Å²) in [6.45, 7) is 0.352. The SMILES string of the molecule is O=C(NCc1cccc(C(=O)NO)c1)NC12CC3CC(CC(C3)C1)C2. The average Bonchev–Trinajstić information content (AvgIpc) is 2.58. The molecule has 25 heavy (non-hydrogen) atoms. The van der Waals surface area contributed by atoms with E-state index in [-0.39, 0.29) is 11.6 Å². The Morgan fingerprint density at radius 1 is 1.08 bits per heavy atom. The molecule has 4 saturated carbocycles. The van der Waals surface area contributed by atoms with Crippen LogP contribution in [0, 0.1) is 17.8 Å². The lowest BCUT2D eigenvalue weighted by Crippen LogP contribution is -2.61. The predicted molar refractivity (Wildman–Crippen MR) is 92.0 cm³/mol. The van der Waals surface area contributed by atoms with Gasteiger partial charge >= 0.3 is 6.03 Å². The van der Waals surface area contributed by atoms with E-state index in [4.69, 9.17) is 5.21 Å². The quantitative estimate of drug-likeness (QED) is 0.500. The van der Waals surface area contributed by atoms with E-state index in [1.165, 1.54) is 19.3 Å². The van der Waals surface area contributed by atoms with Crippen molar-refractivity contribution in [3.05, 3.63) is 35.4 Å². The monoisotopic (exact) mass is 343 g/mol. The van der Waals surface area contributed by atoms with Gasteiger partial charge < -0.3 is 10.6 Å². The highest BCUT2D eigenvalue weighted by Crippen LogP contribution is 2.55. The number of hydrogen-bond donors (Lipinski definition) is 4. The third-order valence-electron chi connectivity index (χ3n) is 6.16. The molecule has 5 rings (SSSR count). The molecule has 0 spiro atoms. The second kappa shape index (κ2) is 6.33. The molecule has 4 bridgehead atoms. The second-order valence-corrected chi connectivity index (χ2v) is 8.15. The summed E-state index contributed by atoms with van der Waals surface area (Å²) in [5.41, 5.74) is 2.80. The van der Waals surface area contributed by atoms with E-state index in [0.717, 1.165) is 42.6 Å². The Labute approximate surface area is 147 Å². The standard InChI is InChI=1S/C19H25N3O3/c23-17(22-25)16-3-1-2-12(7-16)11-20-18(24)21-19-8-13-4-14(9-19)6-15(5-13)10-19/h1-3,7,13-15,25H,4-6,8-11H2,(H,22,23)(H2,20,21,24). The first-order valence-corrected chi connectivity index (χ1v) is 9.15. The molecule has 6 heteroatoms. The van der Waals surface area contributed by atoms with Crippen molar-refractivity contribution >= 4 is 11.9 Å². The molecular formula is C19H25N3O3. The van der Waals surface area contributed by atoms with Crippen LogP contribution in [0.3, 0.4) is 0 Å². The van der Waals surface area contributed by atoms with Crippen molar-refractivity contribution in [3.63, 3.8) is 0 Å². The summed E-state index contributed by atoms with van der Waals surface area (Å²) in [5.74, 6) is 1.82. The third kappa shape index (κ3) is 3.35. The van der Waals surface area contributed by atoms with Crippen molar-refractivity contribution in [1.82, 2.24) is 16.1 Å². The molecule has 0 atom stereocenters. The van der Waals surface area contributed by atoms with E-state index in [2.05, 4.69) is 10.6 Å². The molecule has 6 nitrogen and oxygen atoms in total. The number of benzene rings is 1. The number of nitrogens with one attached hydrogen (secondary N) is 3. The molecule has 1 aromatic carbocycles. The van der Waals surface area contributed by atoms with Gasteiger partial charge in [0.05, 0.1) is 0 Å². The highest BCUT2D eigenvalue weighted by Gasteiger charge is 2.51. The van der Waals surface area contributed by atoms with Crippen LogP contribution in [0.2, 0.25) is 0 Å². The number of urea groups is 1. The molecule has 0 aliphatic heterocycles. The summed E-state index contributed by atoms with van der Waals surface area (Å²) in [5, 5.41) is 14.9. The topological polar surface area (TPSA) is 90.5 Å². The number of rotatable bonds is 4. The minimum atomic E-state index is -0.556. The number of amides is 3. The summed E-state index contributed by atoms with van der Waals surface area (Å²) < 4.78 is 0. The van der Waals surface area contributed by atoms with Gasteiger partial charge in [-0.05, 0) is 74.0 Å². The van der Waals surface area contributed by atoms with Gasteiger partial charge in [0.15, 0.2) is 0 Å². The Bertz CT molecular complexity index is 653. The minimum absolute atomic E-state index is 0.00252. The molecule has 0 unspecified atom stereocenters. The Morgan fingerprint density at radius 2 is 1.72 bits per heavy atom. The fourth-order valence-corrected chi connectivity index (χ4v) is 5.62. The predicted octanol–water partition coefficient (Wildman–Crippen LogP) is 2.57. The van der Waals surface area contributed by atoms with E-state index in [0.29, 0.717) is 12.1 Å². The number of hydroxylamine groups is 1. The Hall–Kier alpha value is -2.08. The zero-order chi connectivity index (χ0) is 17.4. The van der Waals surface area contributed by atoms with Crippen LogP contribution in [0.15, 0.2) is 24.3 Å². The van der Waals surface area contributed by atoms with Gasteiger partial charge in [-0.3, -0.25) is 10.0 Å². The van der Waals surface area contributed by atoms with Crippen LogP contribution < -0.4 is 16.1 Å². The molecule has 4 N–H and O–H groups in total. The first-order valence-electron chi connectivity index (χ1n) is 9.15. The van der Waals surface area contributed by atoms with Gasteiger partial charge in [0.25, 0.3) is 5.91 Å². The van der Waals surface area contributed by atoms with Crippen molar-refractivity contribution < 1.29 is 14.8 Å². The number of hydrogen-bond acceptors (Lipinski definition) is 3. The van der Waals surface area contributed by atoms with Crippen molar-refractivity contribution in [3.8, 4) is 0 Å². The lowest BCUT2D eigenvalue weighted by molar-refractivity contribution is -0.0135. The molecule has 1 aromatic rings. The van der Waals surface area contributed by atoms with Crippen LogP contribution in [-0.2, 0) is 6.54 Å². The maximum absolute atomic E-state index is 12.4. The lowest BCUT2D eigenvalue weighted by Gasteiger charge is -2.56. The molecule has 134 valence electrons. The van der Waals surface area contributed by atoms with E-state index in [1.807, 2.05) is 6.07 Å². The van der Waals surface area contributed by atoms with Gasteiger partial charge in [-0.1, -0.05) is 12.1 Å². The lowest BCUT2D eigenvalue weighted by atomic mass is 9.53. The Balaban J connectivity index is 1.35. The largest absolute Gasteiger partial charge is 0.334 e. The molecular weight excluding hydrogens is 318 g/mol. The van der Waals surface area contributed by atoms with Gasteiger partial charge in [-0.2, -0.15) is 0 Å². The highest BCUT2D eigenvalue weighted by atomic mass is 16.5. The molecule has 4 aliphatic carbocycles. The fourth-order valence-electron chi connectivity index (χ4n) is 5.62. The summed E-state index contributed by atoms with van der Waals surface area (Å²) >= 11 is 0. The van der Waals surface area contributed by atoms with E-state index < -0.39 is 5.91 Å². The van der Waals surface area contributed by atoms with Crippen molar-refractivity contribution in [2.75, 3.05) is 0 Å². The average molecular weight is 343 g/mol. The Morgan fingerprint density at radius 3 is 2.32 bits per heavy atom. The zero-order valence-electron chi connectivity index (χ0n) is 14.3. The van der Waals surface area contributed by atoms with Crippen LogP contribution in [0.5, 0.6) is 0 Å². The highest BCUT2D eigenvalue weighted by molar-refractivity contribution is 5.93. The zero-order valence-corrected chi connectivity index (χ0v) is 14.3.